The molecular weight excluding hydrogens is 280 g/mol. The maximum Gasteiger partial charge on any atom is 0.179 e. The van der Waals surface area contributed by atoms with Gasteiger partial charge in [-0.3, -0.25) is 4.79 Å². The Hall–Kier alpha value is -0.680. The van der Waals surface area contributed by atoms with Crippen molar-refractivity contribution in [1.29, 1.82) is 0 Å². The molecule has 1 aromatic rings. The second-order valence-corrected chi connectivity index (χ2v) is 6.45. The van der Waals surface area contributed by atoms with Crippen molar-refractivity contribution in [3.05, 3.63) is 28.2 Å². The molecule has 0 aliphatic carbocycles. The molecule has 1 aromatic carbocycles. The number of carbonyl (C=O) groups excluding carboxylic acids is 1. The minimum Gasteiger partial charge on any atom is -0.299 e. The van der Waals surface area contributed by atoms with E-state index < -0.39 is 15.8 Å². The predicted molar refractivity (Wildman–Crippen MR) is 59.6 cm³/mol. The molecule has 0 aromatic heterocycles. The molecule has 0 N–H and O–H groups in total. The highest BCUT2D eigenvalue weighted by atomic mass is 79.9. The molecule has 1 atom stereocenters. The van der Waals surface area contributed by atoms with Gasteiger partial charge in [-0.25, -0.2) is 8.42 Å². The third-order valence-corrected chi connectivity index (χ3v) is 5.06. The molecule has 0 radical (unpaired) electrons. The molecule has 0 saturated carbocycles. The van der Waals surface area contributed by atoms with Crippen molar-refractivity contribution >= 4 is 31.6 Å². The number of hydrogen-bond acceptors (Lipinski definition) is 3. The first-order valence-electron chi connectivity index (χ1n) is 4.45. The van der Waals surface area contributed by atoms with Crippen LogP contribution in [0.3, 0.4) is 0 Å². The molecule has 1 unspecified atom stereocenters. The van der Waals surface area contributed by atoms with Crippen LogP contribution in [0.1, 0.15) is 18.4 Å². The summed E-state index contributed by atoms with van der Waals surface area (Å²) in [5.41, 5.74) is 0.616. The van der Waals surface area contributed by atoms with Crippen LogP contribution in [0.15, 0.2) is 27.6 Å². The normalized spacial score (nSPS) is 22.4. The zero-order valence-electron chi connectivity index (χ0n) is 8.03. The molecule has 80 valence electrons. The Labute approximate surface area is 96.5 Å². The standard InChI is InChI=1S/C10H9BrO3S/c1-6(12)7-5-15(13,14)9-4-2-3-8(11)10(7)9/h2-4,7H,5H2,1H3. The fraction of sp³-hybridized carbons (Fsp3) is 0.300. The SMILES string of the molecule is CC(=O)C1CS(=O)(=O)c2cccc(Br)c21. The highest BCUT2D eigenvalue weighted by Gasteiger charge is 2.38. The topological polar surface area (TPSA) is 51.2 Å². The Morgan fingerprint density at radius 2 is 2.13 bits per heavy atom. The molecule has 0 amide bonds. The Bertz CT molecular complexity index is 534. The van der Waals surface area contributed by atoms with E-state index in [0.717, 1.165) is 0 Å². The molecule has 2 rings (SSSR count). The Balaban J connectivity index is 2.75. The average Bonchev–Trinajstić information content (AvgIpc) is 2.40. The quantitative estimate of drug-likeness (QED) is 0.793. The minimum atomic E-state index is -3.27. The monoisotopic (exact) mass is 288 g/mol. The van der Waals surface area contributed by atoms with Crippen LogP contribution < -0.4 is 0 Å². The lowest BCUT2D eigenvalue weighted by Gasteiger charge is -2.06. The molecule has 0 fully saturated rings. The van der Waals surface area contributed by atoms with E-state index in [1.54, 1.807) is 18.2 Å². The van der Waals surface area contributed by atoms with E-state index in [0.29, 0.717) is 10.0 Å². The van der Waals surface area contributed by atoms with E-state index in [2.05, 4.69) is 15.9 Å². The number of benzene rings is 1. The smallest absolute Gasteiger partial charge is 0.179 e. The van der Waals surface area contributed by atoms with Gasteiger partial charge in [0.25, 0.3) is 0 Å². The van der Waals surface area contributed by atoms with Gasteiger partial charge in [0, 0.05) is 4.47 Å². The lowest BCUT2D eigenvalue weighted by atomic mass is 9.98. The molecule has 3 nitrogen and oxygen atoms in total. The van der Waals surface area contributed by atoms with Gasteiger partial charge in [0.1, 0.15) is 5.78 Å². The van der Waals surface area contributed by atoms with Crippen LogP contribution in [0.25, 0.3) is 0 Å². The number of carbonyl (C=O) groups is 1. The fourth-order valence-electron chi connectivity index (χ4n) is 1.84. The summed E-state index contributed by atoms with van der Waals surface area (Å²) in [7, 11) is -3.27. The molecule has 0 bridgehead atoms. The maximum atomic E-state index is 11.7. The van der Waals surface area contributed by atoms with Crippen LogP contribution in [-0.2, 0) is 14.6 Å². The van der Waals surface area contributed by atoms with Crippen LogP contribution in [0.5, 0.6) is 0 Å². The molecule has 1 aliphatic rings. The van der Waals surface area contributed by atoms with E-state index in [1.807, 2.05) is 0 Å². The summed E-state index contributed by atoms with van der Waals surface area (Å²) in [5, 5.41) is 0. The van der Waals surface area contributed by atoms with E-state index in [4.69, 9.17) is 0 Å². The second kappa shape index (κ2) is 3.42. The zero-order valence-corrected chi connectivity index (χ0v) is 10.4. The van der Waals surface area contributed by atoms with Crippen LogP contribution in [0.2, 0.25) is 0 Å². The van der Waals surface area contributed by atoms with Gasteiger partial charge in [-0.05, 0) is 24.6 Å². The summed E-state index contributed by atoms with van der Waals surface area (Å²) < 4.78 is 24.2. The van der Waals surface area contributed by atoms with Gasteiger partial charge < -0.3 is 0 Å². The molecular formula is C10H9BrO3S. The number of Topliss-reactive ketones (excluding diaryl/α,β-unsaturated/α-hetero) is 1. The van der Waals surface area contributed by atoms with Crippen molar-refractivity contribution in [3.63, 3.8) is 0 Å². The lowest BCUT2D eigenvalue weighted by molar-refractivity contribution is -0.117. The first-order chi connectivity index (χ1) is 6.93. The molecule has 0 spiro atoms. The molecule has 0 saturated heterocycles. The number of hydrogen-bond donors (Lipinski definition) is 0. The first-order valence-corrected chi connectivity index (χ1v) is 6.89. The summed E-state index contributed by atoms with van der Waals surface area (Å²) in [6.07, 6.45) is 0. The number of rotatable bonds is 1. The van der Waals surface area contributed by atoms with Crippen molar-refractivity contribution < 1.29 is 13.2 Å². The second-order valence-electron chi connectivity index (χ2n) is 3.60. The van der Waals surface area contributed by atoms with Crippen molar-refractivity contribution in [3.8, 4) is 0 Å². The Morgan fingerprint density at radius 3 is 2.73 bits per heavy atom. The third-order valence-electron chi connectivity index (χ3n) is 2.57. The summed E-state index contributed by atoms with van der Waals surface area (Å²) in [5.74, 6) is -0.718. The van der Waals surface area contributed by atoms with Crippen molar-refractivity contribution in [2.75, 3.05) is 5.75 Å². The fourth-order valence-corrected chi connectivity index (χ4v) is 4.51. The van der Waals surface area contributed by atoms with Crippen molar-refractivity contribution in [2.24, 2.45) is 0 Å². The van der Waals surface area contributed by atoms with E-state index in [9.17, 15) is 13.2 Å². The summed E-state index contributed by atoms with van der Waals surface area (Å²) in [6, 6.07) is 4.98. The molecule has 15 heavy (non-hydrogen) atoms. The van der Waals surface area contributed by atoms with Gasteiger partial charge in [0.15, 0.2) is 9.84 Å². The summed E-state index contributed by atoms with van der Waals surface area (Å²) in [6.45, 7) is 1.43. The highest BCUT2D eigenvalue weighted by molar-refractivity contribution is 9.10. The highest BCUT2D eigenvalue weighted by Crippen LogP contribution is 2.39. The molecule has 5 heteroatoms. The van der Waals surface area contributed by atoms with Gasteiger partial charge in [0.05, 0.1) is 16.6 Å². The third kappa shape index (κ3) is 1.63. The predicted octanol–water partition coefficient (Wildman–Crippen LogP) is 1.91. The van der Waals surface area contributed by atoms with E-state index in [-0.39, 0.29) is 16.4 Å². The first kappa shape index (κ1) is 10.8. The Kier molecular flexibility index (Phi) is 2.47. The van der Waals surface area contributed by atoms with Gasteiger partial charge in [0.2, 0.25) is 0 Å². The summed E-state index contributed by atoms with van der Waals surface area (Å²) in [4.78, 5) is 11.7. The van der Waals surface area contributed by atoms with Crippen LogP contribution in [-0.4, -0.2) is 20.0 Å². The molecule has 1 heterocycles. The van der Waals surface area contributed by atoms with Crippen LogP contribution in [0.4, 0.5) is 0 Å². The summed E-state index contributed by atoms with van der Waals surface area (Å²) >= 11 is 3.29. The van der Waals surface area contributed by atoms with Crippen molar-refractivity contribution in [1.82, 2.24) is 0 Å². The van der Waals surface area contributed by atoms with Crippen LogP contribution >= 0.6 is 15.9 Å². The number of sulfone groups is 1. The van der Waals surface area contributed by atoms with Gasteiger partial charge in [-0.1, -0.05) is 22.0 Å². The minimum absolute atomic E-state index is 0.0969. The lowest BCUT2D eigenvalue weighted by Crippen LogP contribution is -2.11. The van der Waals surface area contributed by atoms with Crippen LogP contribution in [0, 0.1) is 0 Å². The van der Waals surface area contributed by atoms with Crippen molar-refractivity contribution in [2.45, 2.75) is 17.7 Å². The Morgan fingerprint density at radius 1 is 1.47 bits per heavy atom. The number of ketones is 1. The van der Waals surface area contributed by atoms with E-state index >= 15 is 0 Å². The maximum absolute atomic E-state index is 11.7. The van der Waals surface area contributed by atoms with Gasteiger partial charge >= 0.3 is 0 Å². The van der Waals surface area contributed by atoms with Gasteiger partial charge in [-0.2, -0.15) is 0 Å². The largest absolute Gasteiger partial charge is 0.299 e. The average molecular weight is 289 g/mol. The number of halogens is 1. The zero-order chi connectivity index (χ0) is 11.2. The van der Waals surface area contributed by atoms with E-state index in [1.165, 1.54) is 6.92 Å². The number of fused-ring (bicyclic) bond motifs is 1. The van der Waals surface area contributed by atoms with Gasteiger partial charge in [-0.15, -0.1) is 0 Å². The molecule has 1 aliphatic heterocycles.